The van der Waals surface area contributed by atoms with Crippen molar-refractivity contribution in [3.63, 3.8) is 0 Å². The van der Waals surface area contributed by atoms with Crippen LogP contribution in [-0.2, 0) is 11.3 Å². The van der Waals surface area contributed by atoms with Gasteiger partial charge in [0, 0.05) is 49.5 Å². The summed E-state index contributed by atoms with van der Waals surface area (Å²) in [4.78, 5) is 28.8. The molecule has 0 spiro atoms. The number of carbonyl (C=O) groups excluding carboxylic acids is 1. The van der Waals surface area contributed by atoms with Gasteiger partial charge in [0.2, 0.25) is 5.91 Å². The van der Waals surface area contributed by atoms with Crippen LogP contribution in [0.15, 0.2) is 23.0 Å². The van der Waals surface area contributed by atoms with E-state index in [0.29, 0.717) is 24.6 Å². The fourth-order valence-electron chi connectivity index (χ4n) is 5.95. The van der Waals surface area contributed by atoms with Crippen molar-refractivity contribution in [1.29, 1.82) is 0 Å². The zero-order valence-electron chi connectivity index (χ0n) is 18.2. The Morgan fingerprint density at radius 3 is 2.73 bits per heavy atom. The third kappa shape index (κ3) is 3.65. The van der Waals surface area contributed by atoms with Crippen molar-refractivity contribution in [2.75, 3.05) is 19.7 Å². The highest BCUT2D eigenvalue weighted by atomic mass is 16.3. The van der Waals surface area contributed by atoms with Gasteiger partial charge in [-0.2, -0.15) is 0 Å². The molecule has 0 unspecified atom stereocenters. The number of aromatic nitrogens is 1. The standard InChI is InChI=1S/C24H35N3O3/c1-3-7-17-10-11-19-22-21(23(29)25-12-4-2)18(15-28)20(14-27(19)24(17)30)26(22)13-16-8-5-6-9-16/h3,7,10-11,16,18,20-22,28H,4-6,8-9,12-15H2,1-2H3,(H,25,29)/b7-3+/t18-,20-,21+,22+/m0/s1. The second-order valence-electron chi connectivity index (χ2n) is 9.15. The summed E-state index contributed by atoms with van der Waals surface area (Å²) < 4.78 is 1.87. The molecular weight excluding hydrogens is 378 g/mol. The Morgan fingerprint density at radius 2 is 2.07 bits per heavy atom. The first-order valence-electron chi connectivity index (χ1n) is 11.6. The van der Waals surface area contributed by atoms with Crippen molar-refractivity contribution >= 4 is 12.0 Å². The number of nitrogens with zero attached hydrogens (tertiary/aromatic N) is 2. The van der Waals surface area contributed by atoms with E-state index >= 15 is 0 Å². The molecule has 4 rings (SSSR count). The summed E-state index contributed by atoms with van der Waals surface area (Å²) in [5, 5.41) is 13.4. The SMILES string of the molecule is C/C=C/c1ccc2n(c1=O)C[C@H]1[C@H](CO)[C@@H](C(=O)NCCC)[C@@H]2N1CC1CCCC1. The van der Waals surface area contributed by atoms with E-state index < -0.39 is 0 Å². The van der Waals surface area contributed by atoms with Gasteiger partial charge in [-0.05, 0) is 44.2 Å². The van der Waals surface area contributed by atoms with E-state index in [2.05, 4.69) is 10.2 Å². The first-order valence-corrected chi connectivity index (χ1v) is 11.6. The van der Waals surface area contributed by atoms with E-state index in [-0.39, 0.29) is 42.0 Å². The van der Waals surface area contributed by atoms with Crippen LogP contribution in [0, 0.1) is 17.8 Å². The predicted molar refractivity (Wildman–Crippen MR) is 118 cm³/mol. The maximum Gasteiger partial charge on any atom is 0.258 e. The maximum atomic E-state index is 13.2. The van der Waals surface area contributed by atoms with Crippen molar-refractivity contribution in [2.45, 2.75) is 64.6 Å². The molecule has 2 bridgehead atoms. The lowest BCUT2D eigenvalue weighted by Gasteiger charge is -2.39. The van der Waals surface area contributed by atoms with E-state index in [9.17, 15) is 14.7 Å². The number of fused-ring (bicyclic) bond motifs is 4. The third-order valence-electron chi connectivity index (χ3n) is 7.34. The second-order valence-corrected chi connectivity index (χ2v) is 9.15. The quantitative estimate of drug-likeness (QED) is 0.721. The fraction of sp³-hybridized carbons (Fsp3) is 0.667. The van der Waals surface area contributed by atoms with Gasteiger partial charge < -0.3 is 15.0 Å². The normalized spacial score (nSPS) is 28.9. The molecule has 4 atom stereocenters. The highest BCUT2D eigenvalue weighted by Gasteiger charge is 2.55. The summed E-state index contributed by atoms with van der Waals surface area (Å²) in [6.07, 6.45) is 9.63. The Balaban J connectivity index is 1.76. The smallest absolute Gasteiger partial charge is 0.258 e. The number of hydrogen-bond acceptors (Lipinski definition) is 4. The van der Waals surface area contributed by atoms with Crippen LogP contribution in [0.25, 0.3) is 6.08 Å². The Bertz CT molecular complexity index is 856. The number of aliphatic hydroxyl groups is 1. The Labute approximate surface area is 179 Å². The highest BCUT2D eigenvalue weighted by molar-refractivity contribution is 5.80. The van der Waals surface area contributed by atoms with E-state index in [1.165, 1.54) is 25.7 Å². The van der Waals surface area contributed by atoms with Gasteiger partial charge in [-0.25, -0.2) is 0 Å². The van der Waals surface area contributed by atoms with E-state index in [0.717, 1.165) is 18.7 Å². The van der Waals surface area contributed by atoms with Gasteiger partial charge in [-0.1, -0.05) is 31.9 Å². The van der Waals surface area contributed by atoms with Crippen molar-refractivity contribution in [2.24, 2.45) is 17.8 Å². The number of pyridine rings is 1. The fourth-order valence-corrected chi connectivity index (χ4v) is 5.95. The third-order valence-corrected chi connectivity index (χ3v) is 7.34. The Kier molecular flexibility index (Phi) is 6.44. The van der Waals surface area contributed by atoms with Crippen LogP contribution < -0.4 is 10.9 Å². The summed E-state index contributed by atoms with van der Waals surface area (Å²) in [6.45, 7) is 6.06. The second kappa shape index (κ2) is 9.06. The molecule has 2 aliphatic heterocycles. The van der Waals surface area contributed by atoms with Crippen LogP contribution in [0.2, 0.25) is 0 Å². The number of aliphatic hydroxyl groups excluding tert-OH is 1. The lowest BCUT2D eigenvalue weighted by Crippen LogP contribution is -2.48. The monoisotopic (exact) mass is 413 g/mol. The van der Waals surface area contributed by atoms with Gasteiger partial charge in [0.25, 0.3) is 5.56 Å². The molecule has 2 N–H and O–H groups in total. The van der Waals surface area contributed by atoms with Crippen LogP contribution in [0.5, 0.6) is 0 Å². The Morgan fingerprint density at radius 1 is 1.30 bits per heavy atom. The number of carbonyl (C=O) groups is 1. The number of amides is 1. The van der Waals surface area contributed by atoms with Crippen molar-refractivity contribution in [3.05, 3.63) is 39.8 Å². The number of allylic oxidation sites excluding steroid dienone is 1. The van der Waals surface area contributed by atoms with Crippen molar-refractivity contribution < 1.29 is 9.90 Å². The molecule has 1 aliphatic carbocycles. The summed E-state index contributed by atoms with van der Waals surface area (Å²) in [7, 11) is 0. The zero-order valence-corrected chi connectivity index (χ0v) is 18.2. The van der Waals surface area contributed by atoms with Gasteiger partial charge in [0.15, 0.2) is 0 Å². The first-order chi connectivity index (χ1) is 14.6. The zero-order chi connectivity index (χ0) is 21.3. The molecular formula is C24H35N3O3. The molecule has 6 heteroatoms. The lowest BCUT2D eigenvalue weighted by molar-refractivity contribution is -0.127. The first kappa shape index (κ1) is 21.3. The van der Waals surface area contributed by atoms with Crippen molar-refractivity contribution in [1.82, 2.24) is 14.8 Å². The number of hydrogen-bond donors (Lipinski definition) is 2. The average Bonchev–Trinajstić information content (AvgIpc) is 3.32. The average molecular weight is 414 g/mol. The predicted octanol–water partition coefficient (Wildman–Crippen LogP) is 2.56. The maximum absolute atomic E-state index is 13.2. The molecule has 164 valence electrons. The van der Waals surface area contributed by atoms with Crippen LogP contribution >= 0.6 is 0 Å². The molecule has 1 amide bonds. The molecule has 1 saturated carbocycles. The van der Waals surface area contributed by atoms with Crippen LogP contribution in [-0.4, -0.2) is 46.2 Å². The number of nitrogens with one attached hydrogen (secondary N) is 1. The van der Waals surface area contributed by atoms with Crippen molar-refractivity contribution in [3.8, 4) is 0 Å². The summed E-state index contributed by atoms with van der Waals surface area (Å²) in [6, 6.07) is 3.78. The number of rotatable bonds is 7. The van der Waals surface area contributed by atoms with E-state index in [4.69, 9.17) is 0 Å². The van der Waals surface area contributed by atoms with Crippen LogP contribution in [0.3, 0.4) is 0 Å². The summed E-state index contributed by atoms with van der Waals surface area (Å²) in [5.74, 6) is 0.178. The van der Waals surface area contributed by atoms with Gasteiger partial charge in [0.05, 0.1) is 12.0 Å². The van der Waals surface area contributed by atoms with Gasteiger partial charge >= 0.3 is 0 Å². The minimum absolute atomic E-state index is 0.00687. The van der Waals surface area contributed by atoms with Gasteiger partial charge in [-0.3, -0.25) is 14.5 Å². The molecule has 6 nitrogen and oxygen atoms in total. The van der Waals surface area contributed by atoms with E-state index in [1.807, 2.05) is 42.7 Å². The minimum atomic E-state index is -0.325. The summed E-state index contributed by atoms with van der Waals surface area (Å²) in [5.41, 5.74) is 1.61. The minimum Gasteiger partial charge on any atom is -0.396 e. The Hall–Kier alpha value is -1.92. The van der Waals surface area contributed by atoms with Gasteiger partial charge in [-0.15, -0.1) is 0 Å². The molecule has 0 aromatic carbocycles. The highest BCUT2D eigenvalue weighted by Crippen LogP contribution is 2.49. The van der Waals surface area contributed by atoms with Crippen LogP contribution in [0.4, 0.5) is 0 Å². The molecule has 1 aromatic rings. The van der Waals surface area contributed by atoms with Crippen LogP contribution in [0.1, 0.15) is 63.3 Å². The molecule has 1 aromatic heterocycles. The molecule has 2 fully saturated rings. The molecule has 0 radical (unpaired) electrons. The molecule has 3 heterocycles. The largest absolute Gasteiger partial charge is 0.396 e. The summed E-state index contributed by atoms with van der Waals surface area (Å²) >= 11 is 0. The van der Waals surface area contributed by atoms with E-state index in [1.54, 1.807) is 0 Å². The topological polar surface area (TPSA) is 74.6 Å². The molecule has 1 saturated heterocycles. The molecule has 3 aliphatic rings. The molecule has 30 heavy (non-hydrogen) atoms. The van der Waals surface area contributed by atoms with Gasteiger partial charge in [0.1, 0.15) is 0 Å². The lowest BCUT2D eigenvalue weighted by atomic mass is 9.86.